The molecule has 2 aromatic carbocycles. The van der Waals surface area contributed by atoms with Gasteiger partial charge >= 0.3 is 0 Å². The minimum absolute atomic E-state index is 0.462. The van der Waals surface area contributed by atoms with Crippen LogP contribution in [-0.4, -0.2) is 19.7 Å². The van der Waals surface area contributed by atoms with Crippen molar-refractivity contribution in [3.8, 4) is 5.75 Å². The van der Waals surface area contributed by atoms with E-state index in [0.29, 0.717) is 12.5 Å². The summed E-state index contributed by atoms with van der Waals surface area (Å²) in [4.78, 5) is 0. The molecule has 2 rings (SSSR count). The van der Waals surface area contributed by atoms with Crippen LogP contribution in [0.25, 0.3) is 0 Å². The number of nitrogens with one attached hydrogen (secondary N) is 1. The normalized spacial score (nSPS) is 12.1. The maximum absolute atomic E-state index is 5.76. The average Bonchev–Trinajstić information content (AvgIpc) is 2.49. The number of benzene rings is 2. The number of para-hydroxylation sites is 1. The first kappa shape index (κ1) is 15.4. The monoisotopic (exact) mass is 284 g/mol. The number of hydrogen-bond acceptors (Lipinski definition) is 3. The highest BCUT2D eigenvalue weighted by Gasteiger charge is 2.04. The highest BCUT2D eigenvalue weighted by Crippen LogP contribution is 2.16. The van der Waals surface area contributed by atoms with Gasteiger partial charge in [0.05, 0.1) is 0 Å². The third-order valence-electron chi connectivity index (χ3n) is 3.59. The summed E-state index contributed by atoms with van der Waals surface area (Å²) in [6.45, 7) is 6.72. The number of nitrogen functional groups attached to an aromatic ring is 1. The molecule has 0 spiro atoms. The molecular weight excluding hydrogens is 260 g/mol. The van der Waals surface area contributed by atoms with Crippen molar-refractivity contribution in [2.75, 3.05) is 25.4 Å². The molecule has 0 aliphatic heterocycles. The predicted molar refractivity (Wildman–Crippen MR) is 88.8 cm³/mol. The molecule has 0 aliphatic rings. The first-order chi connectivity index (χ1) is 10.2. The van der Waals surface area contributed by atoms with Gasteiger partial charge in [-0.05, 0) is 42.2 Å². The maximum Gasteiger partial charge on any atom is 0.122 e. The Hall–Kier alpha value is -2.00. The largest absolute Gasteiger partial charge is 0.492 e. The molecule has 0 aliphatic carbocycles. The smallest absolute Gasteiger partial charge is 0.122 e. The quantitative estimate of drug-likeness (QED) is 0.605. The molecule has 21 heavy (non-hydrogen) atoms. The van der Waals surface area contributed by atoms with E-state index in [1.807, 2.05) is 30.3 Å². The van der Waals surface area contributed by atoms with Crippen LogP contribution in [0.2, 0.25) is 0 Å². The van der Waals surface area contributed by atoms with Crippen molar-refractivity contribution in [1.29, 1.82) is 0 Å². The van der Waals surface area contributed by atoms with Crippen molar-refractivity contribution in [1.82, 2.24) is 5.32 Å². The lowest BCUT2D eigenvalue weighted by atomic mass is 10.0. The third kappa shape index (κ3) is 4.80. The lowest BCUT2D eigenvalue weighted by Gasteiger charge is -2.14. The summed E-state index contributed by atoms with van der Waals surface area (Å²) in [5.41, 5.74) is 8.99. The number of rotatable bonds is 7. The van der Waals surface area contributed by atoms with E-state index in [9.17, 15) is 0 Å². The van der Waals surface area contributed by atoms with Crippen molar-refractivity contribution < 1.29 is 4.74 Å². The van der Waals surface area contributed by atoms with Crippen molar-refractivity contribution in [2.24, 2.45) is 0 Å². The molecule has 0 heterocycles. The van der Waals surface area contributed by atoms with Crippen LogP contribution >= 0.6 is 0 Å². The van der Waals surface area contributed by atoms with Gasteiger partial charge in [0, 0.05) is 18.8 Å². The number of anilines is 1. The zero-order chi connectivity index (χ0) is 15.1. The van der Waals surface area contributed by atoms with E-state index < -0.39 is 0 Å². The minimum atomic E-state index is 0.462. The highest BCUT2D eigenvalue weighted by molar-refractivity contribution is 5.40. The van der Waals surface area contributed by atoms with Crippen molar-refractivity contribution in [3.63, 3.8) is 0 Å². The Kier molecular flexibility index (Phi) is 5.64. The van der Waals surface area contributed by atoms with Gasteiger partial charge in [0.15, 0.2) is 0 Å². The number of nitrogens with two attached hydrogens (primary N) is 1. The van der Waals surface area contributed by atoms with Crippen LogP contribution in [0.15, 0.2) is 48.5 Å². The standard InChI is InChI=1S/C18H24N2O/c1-14-5-3-4-6-18(14)21-12-11-20-13-15(2)16-7-9-17(19)10-8-16/h3-10,15,20H,11-13,19H2,1-2H3. The molecule has 0 fully saturated rings. The lowest BCUT2D eigenvalue weighted by molar-refractivity contribution is 0.311. The molecule has 0 aromatic heterocycles. The van der Waals surface area contributed by atoms with Gasteiger partial charge in [-0.1, -0.05) is 37.3 Å². The van der Waals surface area contributed by atoms with E-state index in [2.05, 4.69) is 37.4 Å². The SMILES string of the molecule is Cc1ccccc1OCCNCC(C)c1ccc(N)cc1. The van der Waals surface area contributed by atoms with Gasteiger partial charge in [-0.2, -0.15) is 0 Å². The second-order valence-corrected chi connectivity index (χ2v) is 5.39. The molecule has 3 nitrogen and oxygen atoms in total. The summed E-state index contributed by atoms with van der Waals surface area (Å²) in [6.07, 6.45) is 0. The Morgan fingerprint density at radius 3 is 2.52 bits per heavy atom. The molecule has 0 saturated heterocycles. The molecule has 1 atom stereocenters. The fourth-order valence-corrected chi connectivity index (χ4v) is 2.21. The molecule has 3 N–H and O–H groups in total. The molecule has 0 radical (unpaired) electrons. The zero-order valence-electron chi connectivity index (χ0n) is 12.8. The van der Waals surface area contributed by atoms with Crippen LogP contribution in [-0.2, 0) is 0 Å². The fourth-order valence-electron chi connectivity index (χ4n) is 2.21. The van der Waals surface area contributed by atoms with Gasteiger partial charge < -0.3 is 15.8 Å². The van der Waals surface area contributed by atoms with E-state index in [-0.39, 0.29) is 0 Å². The highest BCUT2D eigenvalue weighted by atomic mass is 16.5. The Morgan fingerprint density at radius 1 is 1.10 bits per heavy atom. The molecule has 0 amide bonds. The Labute approximate surface area is 127 Å². The average molecular weight is 284 g/mol. The molecule has 3 heteroatoms. The van der Waals surface area contributed by atoms with E-state index in [4.69, 9.17) is 10.5 Å². The van der Waals surface area contributed by atoms with Crippen LogP contribution in [0.4, 0.5) is 5.69 Å². The Balaban J connectivity index is 1.68. The summed E-state index contributed by atoms with van der Waals surface area (Å²) in [5.74, 6) is 1.43. The Morgan fingerprint density at radius 2 is 1.81 bits per heavy atom. The van der Waals surface area contributed by atoms with E-state index in [1.165, 1.54) is 11.1 Å². The van der Waals surface area contributed by atoms with Crippen LogP contribution in [0.1, 0.15) is 24.0 Å². The summed E-state index contributed by atoms with van der Waals surface area (Å²) < 4.78 is 5.76. The third-order valence-corrected chi connectivity index (χ3v) is 3.59. The fraction of sp³-hybridized carbons (Fsp3) is 0.333. The van der Waals surface area contributed by atoms with Crippen molar-refractivity contribution >= 4 is 5.69 Å². The maximum atomic E-state index is 5.76. The molecule has 1 unspecified atom stereocenters. The van der Waals surface area contributed by atoms with Crippen LogP contribution in [0.5, 0.6) is 5.75 Å². The molecule has 0 saturated carbocycles. The first-order valence-corrected chi connectivity index (χ1v) is 7.41. The number of hydrogen-bond donors (Lipinski definition) is 2. The number of ether oxygens (including phenoxy) is 1. The van der Waals surface area contributed by atoms with Gasteiger partial charge in [-0.15, -0.1) is 0 Å². The summed E-state index contributed by atoms with van der Waals surface area (Å²) in [6, 6.07) is 16.2. The van der Waals surface area contributed by atoms with Gasteiger partial charge in [-0.3, -0.25) is 0 Å². The van der Waals surface area contributed by atoms with Gasteiger partial charge in [0.2, 0.25) is 0 Å². The van der Waals surface area contributed by atoms with Crippen LogP contribution < -0.4 is 15.8 Å². The topological polar surface area (TPSA) is 47.3 Å². The minimum Gasteiger partial charge on any atom is -0.492 e. The van der Waals surface area contributed by atoms with Crippen molar-refractivity contribution in [2.45, 2.75) is 19.8 Å². The Bertz CT molecular complexity index is 551. The van der Waals surface area contributed by atoms with E-state index in [0.717, 1.165) is 24.5 Å². The van der Waals surface area contributed by atoms with Gasteiger partial charge in [0.25, 0.3) is 0 Å². The van der Waals surface area contributed by atoms with Crippen LogP contribution in [0.3, 0.4) is 0 Å². The molecule has 112 valence electrons. The first-order valence-electron chi connectivity index (χ1n) is 7.41. The summed E-state index contributed by atoms with van der Waals surface area (Å²) in [7, 11) is 0. The van der Waals surface area contributed by atoms with Crippen LogP contribution in [0, 0.1) is 6.92 Å². The molecular formula is C18H24N2O. The second kappa shape index (κ2) is 7.70. The predicted octanol–water partition coefficient (Wildman–Crippen LogP) is 3.35. The lowest BCUT2D eigenvalue weighted by Crippen LogP contribution is -2.25. The summed E-state index contributed by atoms with van der Waals surface area (Å²) in [5, 5.41) is 3.43. The zero-order valence-corrected chi connectivity index (χ0v) is 12.8. The number of aryl methyl sites for hydroxylation is 1. The van der Waals surface area contributed by atoms with Gasteiger partial charge in [0.1, 0.15) is 12.4 Å². The van der Waals surface area contributed by atoms with Gasteiger partial charge in [-0.25, -0.2) is 0 Å². The van der Waals surface area contributed by atoms with E-state index >= 15 is 0 Å². The van der Waals surface area contributed by atoms with Crippen molar-refractivity contribution in [3.05, 3.63) is 59.7 Å². The summed E-state index contributed by atoms with van der Waals surface area (Å²) >= 11 is 0. The molecule has 0 bridgehead atoms. The molecule has 2 aromatic rings. The second-order valence-electron chi connectivity index (χ2n) is 5.39. The van der Waals surface area contributed by atoms with E-state index in [1.54, 1.807) is 0 Å².